The molecule has 0 aliphatic rings. The Kier molecular flexibility index (Phi) is 6.99. The van der Waals surface area contributed by atoms with Gasteiger partial charge in [0.2, 0.25) is 0 Å². The van der Waals surface area contributed by atoms with Crippen LogP contribution in [0.5, 0.6) is 5.75 Å². The van der Waals surface area contributed by atoms with Crippen molar-refractivity contribution in [3.8, 4) is 5.75 Å². The topological polar surface area (TPSA) is 21.3 Å². The molecule has 1 atom stereocenters. The average molecular weight is 430 g/mol. The van der Waals surface area contributed by atoms with Gasteiger partial charge in [-0.2, -0.15) is 0 Å². The molecule has 0 saturated heterocycles. The van der Waals surface area contributed by atoms with E-state index in [2.05, 4.69) is 59.1 Å². The van der Waals surface area contributed by atoms with Crippen LogP contribution in [0.4, 0.5) is 0 Å². The molecular weight excluding hydrogens is 409 g/mol. The minimum Gasteiger partial charge on any atom is -0.497 e. The van der Waals surface area contributed by atoms with Gasteiger partial charge in [-0.3, -0.25) is 0 Å². The Morgan fingerprint density at radius 2 is 1.91 bits per heavy atom. The Hall–Kier alpha value is -0.780. The van der Waals surface area contributed by atoms with Crippen LogP contribution in [-0.4, -0.2) is 19.7 Å². The molecule has 0 saturated carbocycles. The van der Waals surface area contributed by atoms with E-state index in [9.17, 15) is 0 Å². The second-order valence-corrected chi connectivity index (χ2v) is 6.99. The molecule has 1 N–H and O–H groups in total. The third-order valence-corrected chi connectivity index (χ3v) is 4.90. The molecule has 0 radical (unpaired) electrons. The number of ether oxygens (including phenoxy) is 1. The van der Waals surface area contributed by atoms with Crippen LogP contribution in [0.2, 0.25) is 5.02 Å². The van der Waals surface area contributed by atoms with Gasteiger partial charge in [-0.15, -0.1) is 0 Å². The van der Waals surface area contributed by atoms with E-state index >= 15 is 0 Å². The van der Waals surface area contributed by atoms with Gasteiger partial charge < -0.3 is 10.1 Å². The van der Waals surface area contributed by atoms with Crippen LogP contribution in [0, 0.1) is 3.57 Å². The van der Waals surface area contributed by atoms with Crippen LogP contribution < -0.4 is 10.1 Å². The number of hydrogen-bond acceptors (Lipinski definition) is 2. The summed E-state index contributed by atoms with van der Waals surface area (Å²) < 4.78 is 6.59. The van der Waals surface area contributed by atoms with Crippen LogP contribution >= 0.6 is 34.2 Å². The Morgan fingerprint density at radius 1 is 1.18 bits per heavy atom. The summed E-state index contributed by atoms with van der Waals surface area (Å²) >= 11 is 8.28. The monoisotopic (exact) mass is 429 g/mol. The van der Waals surface area contributed by atoms with E-state index < -0.39 is 0 Å². The zero-order valence-electron chi connectivity index (χ0n) is 12.9. The first kappa shape index (κ1) is 17.6. The minimum atomic E-state index is 0.424. The van der Waals surface area contributed by atoms with Crippen LogP contribution in [0.3, 0.4) is 0 Å². The quantitative estimate of drug-likeness (QED) is 0.643. The number of hydrogen-bond donors (Lipinski definition) is 1. The van der Waals surface area contributed by atoms with Gasteiger partial charge in [0, 0.05) is 14.6 Å². The molecule has 1 unspecified atom stereocenters. The summed E-state index contributed by atoms with van der Waals surface area (Å²) in [6.45, 7) is 3.18. The van der Waals surface area contributed by atoms with E-state index in [1.165, 1.54) is 14.7 Å². The number of nitrogens with one attached hydrogen (secondary N) is 1. The molecule has 0 spiro atoms. The van der Waals surface area contributed by atoms with Crippen molar-refractivity contribution in [2.75, 3.05) is 13.7 Å². The smallest absolute Gasteiger partial charge is 0.119 e. The minimum absolute atomic E-state index is 0.424. The lowest BCUT2D eigenvalue weighted by molar-refractivity contribution is 0.413. The number of methoxy groups -OCH3 is 1. The van der Waals surface area contributed by atoms with Gasteiger partial charge in [-0.05, 0) is 90.4 Å². The predicted octanol–water partition coefficient (Wildman–Crippen LogP) is 4.72. The molecule has 2 aromatic carbocycles. The molecule has 0 aliphatic carbocycles. The van der Waals surface area contributed by atoms with Crippen molar-refractivity contribution in [2.24, 2.45) is 0 Å². The number of rotatable bonds is 7. The van der Waals surface area contributed by atoms with Crippen LogP contribution in [-0.2, 0) is 12.8 Å². The van der Waals surface area contributed by atoms with Crippen molar-refractivity contribution in [3.05, 3.63) is 62.2 Å². The Labute approximate surface area is 151 Å². The van der Waals surface area contributed by atoms with Gasteiger partial charge >= 0.3 is 0 Å². The van der Waals surface area contributed by atoms with Crippen molar-refractivity contribution < 1.29 is 4.74 Å². The van der Waals surface area contributed by atoms with E-state index in [1.54, 1.807) is 7.11 Å². The summed E-state index contributed by atoms with van der Waals surface area (Å²) in [4.78, 5) is 0. The molecule has 0 aromatic heterocycles. The van der Waals surface area contributed by atoms with Crippen molar-refractivity contribution in [1.82, 2.24) is 5.32 Å². The molecule has 0 fully saturated rings. The van der Waals surface area contributed by atoms with Crippen LogP contribution in [0.15, 0.2) is 42.5 Å². The normalized spacial score (nSPS) is 12.2. The lowest BCUT2D eigenvalue weighted by Gasteiger charge is -2.15. The lowest BCUT2D eigenvalue weighted by atomic mass is 10.1. The summed E-state index contributed by atoms with van der Waals surface area (Å²) in [6.07, 6.45) is 2.01. The van der Waals surface area contributed by atoms with Gasteiger partial charge in [0.1, 0.15) is 5.75 Å². The number of benzene rings is 2. The molecule has 118 valence electrons. The highest BCUT2D eigenvalue weighted by Crippen LogP contribution is 2.20. The van der Waals surface area contributed by atoms with Crippen molar-refractivity contribution in [1.29, 1.82) is 0 Å². The van der Waals surface area contributed by atoms with E-state index in [4.69, 9.17) is 16.3 Å². The summed E-state index contributed by atoms with van der Waals surface area (Å²) in [7, 11) is 1.71. The lowest BCUT2D eigenvalue weighted by Crippen LogP contribution is -2.30. The maximum absolute atomic E-state index is 5.90. The summed E-state index contributed by atoms with van der Waals surface area (Å²) in [5.74, 6) is 0.920. The highest BCUT2D eigenvalue weighted by Gasteiger charge is 2.07. The standard InChI is InChI=1S/C18H21ClINO/c1-13(11-15-12-17(22-2)7-8-18(15)20)21-10-9-14-3-5-16(19)6-4-14/h3-8,12-13,21H,9-11H2,1-2H3. The molecule has 2 rings (SSSR count). The molecule has 22 heavy (non-hydrogen) atoms. The first-order valence-corrected chi connectivity index (χ1v) is 8.84. The molecule has 0 heterocycles. The molecule has 4 heteroatoms. The van der Waals surface area contributed by atoms with E-state index in [-0.39, 0.29) is 0 Å². The summed E-state index contributed by atoms with van der Waals surface area (Å²) in [5, 5.41) is 4.37. The third kappa shape index (κ3) is 5.45. The average Bonchev–Trinajstić information content (AvgIpc) is 2.51. The van der Waals surface area contributed by atoms with E-state index in [0.29, 0.717) is 6.04 Å². The van der Waals surface area contributed by atoms with Crippen molar-refractivity contribution in [3.63, 3.8) is 0 Å². The van der Waals surface area contributed by atoms with Crippen molar-refractivity contribution in [2.45, 2.75) is 25.8 Å². The first-order valence-electron chi connectivity index (χ1n) is 7.38. The van der Waals surface area contributed by atoms with Gasteiger partial charge in [-0.1, -0.05) is 23.7 Å². The molecule has 0 amide bonds. The van der Waals surface area contributed by atoms with Crippen molar-refractivity contribution >= 4 is 34.2 Å². The summed E-state index contributed by atoms with van der Waals surface area (Å²) in [5.41, 5.74) is 2.63. The van der Waals surface area contributed by atoms with Crippen LogP contribution in [0.1, 0.15) is 18.1 Å². The maximum Gasteiger partial charge on any atom is 0.119 e. The number of halogens is 2. The predicted molar refractivity (Wildman–Crippen MR) is 102 cm³/mol. The highest BCUT2D eigenvalue weighted by atomic mass is 127. The SMILES string of the molecule is COc1ccc(I)c(CC(C)NCCc2ccc(Cl)cc2)c1. The molecular formula is C18H21ClINO. The zero-order chi connectivity index (χ0) is 15.9. The van der Waals surface area contributed by atoms with Gasteiger partial charge in [0.15, 0.2) is 0 Å². The fourth-order valence-electron chi connectivity index (χ4n) is 2.35. The van der Waals surface area contributed by atoms with Gasteiger partial charge in [0.05, 0.1) is 7.11 Å². The Morgan fingerprint density at radius 3 is 2.59 bits per heavy atom. The maximum atomic E-state index is 5.90. The fourth-order valence-corrected chi connectivity index (χ4v) is 3.03. The second kappa shape index (κ2) is 8.75. The fraction of sp³-hybridized carbons (Fsp3) is 0.333. The molecule has 0 bridgehead atoms. The third-order valence-electron chi connectivity index (χ3n) is 3.60. The largest absolute Gasteiger partial charge is 0.497 e. The Bertz CT molecular complexity index is 601. The first-order chi connectivity index (χ1) is 10.6. The summed E-state index contributed by atoms with van der Waals surface area (Å²) in [6, 6.07) is 14.7. The van der Waals surface area contributed by atoms with E-state index in [0.717, 1.165) is 30.2 Å². The Balaban J connectivity index is 1.82. The van der Waals surface area contributed by atoms with Gasteiger partial charge in [-0.25, -0.2) is 0 Å². The van der Waals surface area contributed by atoms with Gasteiger partial charge in [0.25, 0.3) is 0 Å². The second-order valence-electron chi connectivity index (χ2n) is 5.39. The van der Waals surface area contributed by atoms with Crippen LogP contribution in [0.25, 0.3) is 0 Å². The highest BCUT2D eigenvalue weighted by molar-refractivity contribution is 14.1. The van der Waals surface area contributed by atoms with E-state index in [1.807, 2.05) is 18.2 Å². The molecule has 2 aromatic rings. The molecule has 2 nitrogen and oxygen atoms in total. The zero-order valence-corrected chi connectivity index (χ0v) is 15.8. The molecule has 0 aliphatic heterocycles.